The van der Waals surface area contributed by atoms with Gasteiger partial charge in [0.1, 0.15) is 5.75 Å². The summed E-state index contributed by atoms with van der Waals surface area (Å²) in [6.45, 7) is 1.61. The maximum Gasteiger partial charge on any atom is 0.419 e. The Balaban J connectivity index is 3.35. The van der Waals surface area contributed by atoms with Crippen LogP contribution in [0.25, 0.3) is 0 Å². The van der Waals surface area contributed by atoms with E-state index in [0.29, 0.717) is 5.56 Å². The van der Waals surface area contributed by atoms with Crippen LogP contribution in [0.4, 0.5) is 13.2 Å². The zero-order valence-corrected chi connectivity index (χ0v) is 8.43. The molecular weight excluding hydrogens is 207 g/mol. The maximum absolute atomic E-state index is 12.6. The summed E-state index contributed by atoms with van der Waals surface area (Å²) in [5, 5.41) is 0. The van der Waals surface area contributed by atoms with Crippen molar-refractivity contribution < 1.29 is 17.9 Å². The molecule has 5 heteroatoms. The highest BCUT2D eigenvalue weighted by atomic mass is 19.4. The van der Waals surface area contributed by atoms with Crippen molar-refractivity contribution in [3.63, 3.8) is 0 Å². The zero-order valence-electron chi connectivity index (χ0n) is 8.43. The van der Waals surface area contributed by atoms with Gasteiger partial charge in [0.05, 0.1) is 12.7 Å². The molecular formula is C10H12F3NO. The number of para-hydroxylation sites is 1. The topological polar surface area (TPSA) is 35.2 Å². The molecule has 0 aliphatic rings. The third-order valence-corrected chi connectivity index (χ3v) is 2.05. The van der Waals surface area contributed by atoms with Gasteiger partial charge in [-0.2, -0.15) is 13.2 Å². The number of benzene rings is 1. The van der Waals surface area contributed by atoms with E-state index in [1.807, 2.05) is 0 Å². The van der Waals surface area contributed by atoms with Crippen molar-refractivity contribution in [1.29, 1.82) is 0 Å². The second-order valence-electron chi connectivity index (χ2n) is 3.21. The van der Waals surface area contributed by atoms with Crippen LogP contribution in [0.2, 0.25) is 0 Å². The molecule has 0 unspecified atom stereocenters. The molecule has 1 aromatic rings. The molecule has 0 saturated carbocycles. The predicted molar refractivity (Wildman–Crippen MR) is 50.6 cm³/mol. The van der Waals surface area contributed by atoms with E-state index >= 15 is 0 Å². The molecule has 0 saturated heterocycles. The smallest absolute Gasteiger partial charge is 0.419 e. The van der Waals surface area contributed by atoms with Gasteiger partial charge in [0.2, 0.25) is 0 Å². The SMILES string of the molecule is COc1c([C@@H](C)N)cccc1C(F)(F)F. The van der Waals surface area contributed by atoms with E-state index in [-0.39, 0.29) is 5.75 Å². The van der Waals surface area contributed by atoms with Crippen molar-refractivity contribution in [3.8, 4) is 5.75 Å². The molecule has 0 aliphatic carbocycles. The predicted octanol–water partition coefficient (Wildman–Crippen LogP) is 2.73. The van der Waals surface area contributed by atoms with Crippen LogP contribution in [0, 0.1) is 0 Å². The zero-order chi connectivity index (χ0) is 11.6. The fourth-order valence-electron chi connectivity index (χ4n) is 1.36. The molecule has 0 heterocycles. The summed E-state index contributed by atoms with van der Waals surface area (Å²) in [7, 11) is 1.20. The molecule has 1 atom stereocenters. The summed E-state index contributed by atoms with van der Waals surface area (Å²) in [4.78, 5) is 0. The third kappa shape index (κ3) is 2.41. The first-order chi connectivity index (χ1) is 6.88. The normalized spacial score (nSPS) is 13.7. The van der Waals surface area contributed by atoms with Gasteiger partial charge in [-0.05, 0) is 13.0 Å². The number of rotatable bonds is 2. The second kappa shape index (κ2) is 4.10. The molecule has 1 rings (SSSR count). The van der Waals surface area contributed by atoms with E-state index < -0.39 is 17.8 Å². The summed E-state index contributed by atoms with van der Waals surface area (Å²) in [6, 6.07) is 3.33. The van der Waals surface area contributed by atoms with E-state index in [2.05, 4.69) is 0 Å². The fourth-order valence-corrected chi connectivity index (χ4v) is 1.36. The Hall–Kier alpha value is -1.23. The van der Waals surface area contributed by atoms with Crippen LogP contribution < -0.4 is 10.5 Å². The fraction of sp³-hybridized carbons (Fsp3) is 0.400. The molecule has 0 radical (unpaired) electrons. The summed E-state index contributed by atoms with van der Waals surface area (Å²) < 4.78 is 42.4. The minimum absolute atomic E-state index is 0.194. The monoisotopic (exact) mass is 219 g/mol. The lowest BCUT2D eigenvalue weighted by molar-refractivity contribution is -0.138. The molecule has 2 nitrogen and oxygen atoms in total. The average Bonchev–Trinajstić information content (AvgIpc) is 2.15. The van der Waals surface area contributed by atoms with Crippen molar-refractivity contribution in [2.45, 2.75) is 19.1 Å². The van der Waals surface area contributed by atoms with E-state index in [4.69, 9.17) is 10.5 Å². The van der Waals surface area contributed by atoms with Gasteiger partial charge in [-0.3, -0.25) is 0 Å². The highest BCUT2D eigenvalue weighted by Gasteiger charge is 2.35. The Morgan fingerprint density at radius 2 is 1.93 bits per heavy atom. The number of hydrogen-bond donors (Lipinski definition) is 1. The minimum atomic E-state index is -4.42. The van der Waals surface area contributed by atoms with E-state index in [1.54, 1.807) is 6.92 Å². The van der Waals surface area contributed by atoms with Gasteiger partial charge in [-0.15, -0.1) is 0 Å². The van der Waals surface area contributed by atoms with Crippen LogP contribution in [0.1, 0.15) is 24.1 Å². The second-order valence-corrected chi connectivity index (χ2v) is 3.21. The third-order valence-electron chi connectivity index (χ3n) is 2.05. The molecule has 0 aromatic heterocycles. The van der Waals surface area contributed by atoms with Crippen molar-refractivity contribution in [2.75, 3.05) is 7.11 Å². The first kappa shape index (κ1) is 11.8. The van der Waals surface area contributed by atoms with Gasteiger partial charge in [0, 0.05) is 11.6 Å². The van der Waals surface area contributed by atoms with Gasteiger partial charge in [0.25, 0.3) is 0 Å². The lowest BCUT2D eigenvalue weighted by atomic mass is 10.0. The molecule has 84 valence electrons. The standard InChI is InChI=1S/C10H12F3NO/c1-6(14)7-4-3-5-8(9(7)15-2)10(11,12)13/h3-6H,14H2,1-2H3/t6-/m1/s1. The molecule has 15 heavy (non-hydrogen) atoms. The van der Waals surface area contributed by atoms with Crippen molar-refractivity contribution in [3.05, 3.63) is 29.3 Å². The van der Waals surface area contributed by atoms with Gasteiger partial charge in [0.15, 0.2) is 0 Å². The summed E-state index contributed by atoms with van der Waals surface area (Å²) >= 11 is 0. The van der Waals surface area contributed by atoms with Crippen molar-refractivity contribution in [2.24, 2.45) is 5.73 Å². The first-order valence-electron chi connectivity index (χ1n) is 4.37. The van der Waals surface area contributed by atoms with Crippen molar-refractivity contribution >= 4 is 0 Å². The molecule has 0 aliphatic heterocycles. The van der Waals surface area contributed by atoms with E-state index in [0.717, 1.165) is 6.07 Å². The Morgan fingerprint density at radius 1 is 1.33 bits per heavy atom. The highest BCUT2D eigenvalue weighted by Crippen LogP contribution is 2.39. The summed E-state index contributed by atoms with van der Waals surface area (Å²) in [5.74, 6) is -0.194. The average molecular weight is 219 g/mol. The summed E-state index contributed by atoms with van der Waals surface area (Å²) in [5.41, 5.74) is 5.12. The molecule has 1 aromatic carbocycles. The number of ether oxygens (including phenoxy) is 1. The largest absolute Gasteiger partial charge is 0.496 e. The van der Waals surface area contributed by atoms with Crippen LogP contribution in [-0.4, -0.2) is 7.11 Å². The first-order valence-corrected chi connectivity index (χ1v) is 4.37. The maximum atomic E-state index is 12.6. The van der Waals surface area contributed by atoms with E-state index in [9.17, 15) is 13.2 Å². The highest BCUT2D eigenvalue weighted by molar-refractivity contribution is 5.44. The van der Waals surface area contributed by atoms with Crippen LogP contribution in [0.15, 0.2) is 18.2 Å². The van der Waals surface area contributed by atoms with Gasteiger partial charge in [-0.25, -0.2) is 0 Å². The van der Waals surface area contributed by atoms with Crippen LogP contribution in [-0.2, 0) is 6.18 Å². The van der Waals surface area contributed by atoms with Crippen LogP contribution in [0.5, 0.6) is 5.75 Å². The Kier molecular flexibility index (Phi) is 3.24. The number of hydrogen-bond acceptors (Lipinski definition) is 2. The number of methoxy groups -OCH3 is 1. The van der Waals surface area contributed by atoms with Crippen LogP contribution in [0.3, 0.4) is 0 Å². The number of alkyl halides is 3. The quantitative estimate of drug-likeness (QED) is 0.830. The summed E-state index contributed by atoms with van der Waals surface area (Å²) in [6.07, 6.45) is -4.42. The van der Waals surface area contributed by atoms with Crippen molar-refractivity contribution in [1.82, 2.24) is 0 Å². The van der Waals surface area contributed by atoms with Gasteiger partial charge < -0.3 is 10.5 Å². The lowest BCUT2D eigenvalue weighted by Gasteiger charge is -2.17. The minimum Gasteiger partial charge on any atom is -0.496 e. The Morgan fingerprint density at radius 3 is 2.33 bits per heavy atom. The lowest BCUT2D eigenvalue weighted by Crippen LogP contribution is -2.13. The number of nitrogens with two attached hydrogens (primary N) is 1. The van der Waals surface area contributed by atoms with E-state index in [1.165, 1.54) is 19.2 Å². The van der Waals surface area contributed by atoms with Crippen LogP contribution >= 0.6 is 0 Å². The molecule has 0 spiro atoms. The Labute approximate surface area is 85.8 Å². The Bertz CT molecular complexity index is 347. The van der Waals surface area contributed by atoms with Gasteiger partial charge in [-0.1, -0.05) is 12.1 Å². The molecule has 0 fully saturated rings. The molecule has 0 amide bonds. The molecule has 2 N–H and O–H groups in total. The number of halogens is 3. The molecule has 0 bridgehead atoms. The van der Waals surface area contributed by atoms with Gasteiger partial charge >= 0.3 is 6.18 Å².